The predicted octanol–water partition coefficient (Wildman–Crippen LogP) is 4.67. The molecule has 1 aliphatic heterocycles. The minimum absolute atomic E-state index is 0.00575. The van der Waals surface area contributed by atoms with Gasteiger partial charge < -0.3 is 4.90 Å². The van der Waals surface area contributed by atoms with Crippen LogP contribution >= 0.6 is 11.3 Å². The molecule has 1 aromatic carbocycles. The minimum Gasteiger partial charge on any atom is -0.335 e. The van der Waals surface area contributed by atoms with E-state index in [-0.39, 0.29) is 18.4 Å². The van der Waals surface area contributed by atoms with Crippen LogP contribution in [0.25, 0.3) is 0 Å². The summed E-state index contributed by atoms with van der Waals surface area (Å²) in [6.45, 7) is 0.667. The molecule has 1 aliphatic rings. The third-order valence-corrected chi connectivity index (χ3v) is 5.03. The number of benzene rings is 1. The number of carbonyl (C=O) groups excluding carboxylic acids is 1. The van der Waals surface area contributed by atoms with Crippen molar-refractivity contribution in [1.29, 1.82) is 0 Å². The quantitative estimate of drug-likeness (QED) is 0.795. The summed E-state index contributed by atoms with van der Waals surface area (Å²) in [5.74, 6) is -0.111. The van der Waals surface area contributed by atoms with Crippen LogP contribution in [0.15, 0.2) is 41.8 Å². The van der Waals surface area contributed by atoms with E-state index in [0.717, 1.165) is 29.9 Å². The van der Waals surface area contributed by atoms with Crippen LogP contribution < -0.4 is 0 Å². The number of likely N-dealkylation sites (tertiary alicyclic amines) is 1. The van der Waals surface area contributed by atoms with Crippen LogP contribution in [-0.4, -0.2) is 17.4 Å². The van der Waals surface area contributed by atoms with E-state index in [0.29, 0.717) is 12.1 Å². The lowest BCUT2D eigenvalue weighted by Crippen LogP contribution is -2.31. The number of carbonyl (C=O) groups is 1. The molecule has 2 aromatic rings. The Bertz CT molecular complexity index is 681. The van der Waals surface area contributed by atoms with Crippen LogP contribution in [0.3, 0.4) is 0 Å². The highest BCUT2D eigenvalue weighted by Gasteiger charge is 2.32. The van der Waals surface area contributed by atoms with Crippen molar-refractivity contribution < 1.29 is 18.0 Å². The highest BCUT2D eigenvalue weighted by atomic mass is 32.1. The first-order chi connectivity index (χ1) is 10.9. The Morgan fingerprint density at radius 2 is 2.09 bits per heavy atom. The van der Waals surface area contributed by atoms with E-state index >= 15 is 0 Å². The Kier molecular flexibility index (Phi) is 4.43. The molecule has 2 nitrogen and oxygen atoms in total. The molecule has 1 saturated heterocycles. The number of rotatable bonds is 3. The van der Waals surface area contributed by atoms with Gasteiger partial charge in [0.2, 0.25) is 5.91 Å². The molecule has 1 fully saturated rings. The third-order valence-electron chi connectivity index (χ3n) is 4.05. The second-order valence-electron chi connectivity index (χ2n) is 5.64. The van der Waals surface area contributed by atoms with Gasteiger partial charge in [-0.05, 0) is 35.9 Å². The molecule has 2 heterocycles. The van der Waals surface area contributed by atoms with Gasteiger partial charge in [0, 0.05) is 11.4 Å². The molecular weight excluding hydrogens is 323 g/mol. The number of amides is 1. The lowest BCUT2D eigenvalue weighted by molar-refractivity contribution is -0.138. The number of nitrogens with zero attached hydrogens (tertiary/aromatic N) is 1. The van der Waals surface area contributed by atoms with Crippen molar-refractivity contribution in [2.24, 2.45) is 0 Å². The summed E-state index contributed by atoms with van der Waals surface area (Å²) in [6, 6.07) is 9.04. The fraction of sp³-hybridized carbons (Fsp3) is 0.353. The van der Waals surface area contributed by atoms with Gasteiger partial charge in [0.05, 0.1) is 18.0 Å². The molecule has 1 unspecified atom stereocenters. The van der Waals surface area contributed by atoms with Crippen molar-refractivity contribution >= 4 is 17.2 Å². The summed E-state index contributed by atoms with van der Waals surface area (Å²) in [4.78, 5) is 15.5. The second kappa shape index (κ2) is 6.35. The van der Waals surface area contributed by atoms with E-state index < -0.39 is 11.7 Å². The number of hydrogen-bond acceptors (Lipinski definition) is 2. The van der Waals surface area contributed by atoms with Crippen LogP contribution in [0.4, 0.5) is 13.2 Å². The number of alkyl halides is 3. The van der Waals surface area contributed by atoms with Gasteiger partial charge in [0.15, 0.2) is 0 Å². The van der Waals surface area contributed by atoms with Crippen LogP contribution in [-0.2, 0) is 17.4 Å². The summed E-state index contributed by atoms with van der Waals surface area (Å²) in [5, 5.41) is 1.98. The molecule has 0 bridgehead atoms. The molecule has 23 heavy (non-hydrogen) atoms. The highest BCUT2D eigenvalue weighted by Crippen LogP contribution is 2.35. The monoisotopic (exact) mass is 339 g/mol. The van der Waals surface area contributed by atoms with Crippen molar-refractivity contribution in [3.05, 3.63) is 57.8 Å². The van der Waals surface area contributed by atoms with Crippen molar-refractivity contribution in [3.8, 4) is 0 Å². The number of thiophene rings is 1. The molecule has 1 amide bonds. The lowest BCUT2D eigenvalue weighted by Gasteiger charge is -2.24. The third kappa shape index (κ3) is 3.58. The Hall–Kier alpha value is -1.82. The zero-order valence-electron chi connectivity index (χ0n) is 12.3. The van der Waals surface area contributed by atoms with Gasteiger partial charge in [-0.3, -0.25) is 4.79 Å². The van der Waals surface area contributed by atoms with E-state index in [9.17, 15) is 18.0 Å². The van der Waals surface area contributed by atoms with Gasteiger partial charge in [-0.1, -0.05) is 24.3 Å². The summed E-state index contributed by atoms with van der Waals surface area (Å²) in [7, 11) is 0. The molecule has 0 aliphatic carbocycles. The van der Waals surface area contributed by atoms with Crippen molar-refractivity contribution in [3.63, 3.8) is 0 Å². The number of hydrogen-bond donors (Lipinski definition) is 0. The maximum Gasteiger partial charge on any atom is 0.416 e. The number of halogens is 3. The Morgan fingerprint density at radius 1 is 1.26 bits per heavy atom. The largest absolute Gasteiger partial charge is 0.416 e. The molecular formula is C17H16F3NOS. The highest BCUT2D eigenvalue weighted by molar-refractivity contribution is 7.10. The lowest BCUT2D eigenvalue weighted by atomic mass is 10.1. The normalized spacial score (nSPS) is 18.4. The first kappa shape index (κ1) is 16.1. The molecule has 0 radical (unpaired) electrons. The predicted molar refractivity (Wildman–Crippen MR) is 83.2 cm³/mol. The molecule has 0 N–H and O–H groups in total. The Labute approximate surface area is 136 Å². The SMILES string of the molecule is O=C(Cc1cccc(C(F)(F)F)c1)N1CCCC1c1cccs1. The van der Waals surface area contributed by atoms with Crippen molar-refractivity contribution in [2.75, 3.05) is 6.54 Å². The van der Waals surface area contributed by atoms with E-state index in [4.69, 9.17) is 0 Å². The Balaban J connectivity index is 1.74. The summed E-state index contributed by atoms with van der Waals surface area (Å²) < 4.78 is 38.3. The van der Waals surface area contributed by atoms with Gasteiger partial charge in [0.25, 0.3) is 0 Å². The first-order valence-electron chi connectivity index (χ1n) is 7.44. The van der Waals surface area contributed by atoms with Gasteiger partial charge in [-0.25, -0.2) is 0 Å². The summed E-state index contributed by atoms with van der Waals surface area (Å²) >= 11 is 1.61. The molecule has 0 spiro atoms. The molecule has 122 valence electrons. The maximum atomic E-state index is 12.8. The van der Waals surface area contributed by atoms with Gasteiger partial charge in [0.1, 0.15) is 0 Å². The van der Waals surface area contributed by atoms with Crippen LogP contribution in [0.5, 0.6) is 0 Å². The molecule has 1 aromatic heterocycles. The van der Waals surface area contributed by atoms with E-state index in [1.165, 1.54) is 6.07 Å². The van der Waals surface area contributed by atoms with Crippen LogP contribution in [0, 0.1) is 0 Å². The standard InChI is InChI=1S/C17H16F3NOS/c18-17(19,20)13-5-1-4-12(10-13)11-16(22)21-8-2-6-14(21)15-7-3-9-23-15/h1,3-5,7,9-10,14H,2,6,8,11H2. The van der Waals surface area contributed by atoms with Crippen molar-refractivity contribution in [2.45, 2.75) is 31.5 Å². The fourth-order valence-electron chi connectivity index (χ4n) is 2.98. The first-order valence-corrected chi connectivity index (χ1v) is 8.32. The zero-order valence-corrected chi connectivity index (χ0v) is 13.2. The van der Waals surface area contributed by atoms with E-state index in [1.54, 1.807) is 22.3 Å². The smallest absolute Gasteiger partial charge is 0.335 e. The average Bonchev–Trinajstić information content (AvgIpc) is 3.17. The molecule has 1 atom stereocenters. The van der Waals surface area contributed by atoms with Gasteiger partial charge in [-0.2, -0.15) is 13.2 Å². The molecule has 3 rings (SSSR count). The van der Waals surface area contributed by atoms with E-state index in [1.807, 2.05) is 17.5 Å². The maximum absolute atomic E-state index is 12.8. The molecule has 0 saturated carbocycles. The zero-order chi connectivity index (χ0) is 16.4. The van der Waals surface area contributed by atoms with Gasteiger partial charge >= 0.3 is 6.18 Å². The van der Waals surface area contributed by atoms with Crippen LogP contribution in [0.2, 0.25) is 0 Å². The fourth-order valence-corrected chi connectivity index (χ4v) is 3.85. The summed E-state index contributed by atoms with van der Waals surface area (Å²) in [6.07, 6.45) is -2.54. The second-order valence-corrected chi connectivity index (χ2v) is 6.61. The molecule has 6 heteroatoms. The van der Waals surface area contributed by atoms with Gasteiger partial charge in [-0.15, -0.1) is 11.3 Å². The van der Waals surface area contributed by atoms with E-state index in [2.05, 4.69) is 0 Å². The summed E-state index contributed by atoms with van der Waals surface area (Å²) in [5.41, 5.74) is -0.305. The Morgan fingerprint density at radius 3 is 2.78 bits per heavy atom. The minimum atomic E-state index is -4.38. The topological polar surface area (TPSA) is 20.3 Å². The van der Waals surface area contributed by atoms with Crippen molar-refractivity contribution in [1.82, 2.24) is 4.90 Å². The van der Waals surface area contributed by atoms with Crippen LogP contribution in [0.1, 0.15) is 34.9 Å². The average molecular weight is 339 g/mol.